The van der Waals surface area contributed by atoms with Crippen molar-refractivity contribution < 1.29 is 10.0 Å². The fraction of sp³-hybridized carbons (Fsp3) is 0.875. The number of oxime groups is 1. The summed E-state index contributed by atoms with van der Waals surface area (Å²) in [6.07, 6.45) is 7.37. The van der Waals surface area contributed by atoms with E-state index in [2.05, 4.69) is 24.3 Å². The molecule has 0 aromatic heterocycles. The van der Waals surface area contributed by atoms with E-state index in [1.54, 1.807) is 0 Å². The molecule has 118 valence electrons. The minimum Gasteiger partial charge on any atom is -0.409 e. The normalized spacial score (nSPS) is 44.9. The van der Waals surface area contributed by atoms with E-state index in [0.29, 0.717) is 29.7 Å². The Labute approximate surface area is 126 Å². The van der Waals surface area contributed by atoms with E-state index >= 15 is 0 Å². The first kappa shape index (κ1) is 14.7. The van der Waals surface area contributed by atoms with E-state index in [9.17, 15) is 4.79 Å². The molecule has 0 saturated heterocycles. The Hall–Kier alpha value is -1.26. The zero-order chi connectivity index (χ0) is 15.3. The van der Waals surface area contributed by atoms with Crippen LogP contribution in [0, 0.1) is 22.2 Å². The van der Waals surface area contributed by atoms with E-state index in [1.807, 2.05) is 0 Å². The maximum atomic E-state index is 12.8. The fourth-order valence-corrected chi connectivity index (χ4v) is 6.24. The van der Waals surface area contributed by atoms with Crippen LogP contribution in [0.3, 0.4) is 0 Å². The predicted molar refractivity (Wildman–Crippen MR) is 80.9 cm³/mol. The van der Waals surface area contributed by atoms with Crippen molar-refractivity contribution in [3.8, 4) is 0 Å². The number of nitrogens with two attached hydrogens (primary N) is 1. The van der Waals surface area contributed by atoms with Crippen molar-refractivity contribution in [3.63, 3.8) is 0 Å². The van der Waals surface area contributed by atoms with Gasteiger partial charge in [0.2, 0.25) is 5.91 Å². The lowest BCUT2D eigenvalue weighted by Crippen LogP contribution is -2.60. The van der Waals surface area contributed by atoms with Crippen LogP contribution in [0.25, 0.3) is 0 Å². The van der Waals surface area contributed by atoms with Crippen molar-refractivity contribution in [2.75, 3.05) is 6.54 Å². The molecule has 1 amide bonds. The summed E-state index contributed by atoms with van der Waals surface area (Å²) < 4.78 is 0. The second-order valence-electron chi connectivity index (χ2n) is 8.51. The average molecular weight is 293 g/mol. The molecular weight excluding hydrogens is 266 g/mol. The third kappa shape index (κ3) is 2.51. The van der Waals surface area contributed by atoms with Gasteiger partial charge in [-0.25, -0.2) is 0 Å². The number of carbonyl (C=O) groups is 1. The molecule has 0 aromatic rings. The van der Waals surface area contributed by atoms with Gasteiger partial charge in [-0.15, -0.1) is 0 Å². The second-order valence-corrected chi connectivity index (χ2v) is 8.51. The Kier molecular flexibility index (Phi) is 3.22. The largest absolute Gasteiger partial charge is 0.409 e. The van der Waals surface area contributed by atoms with Crippen LogP contribution in [-0.4, -0.2) is 23.5 Å². The Bertz CT molecular complexity index is 470. The number of hydrogen-bond donors (Lipinski definition) is 3. The van der Waals surface area contributed by atoms with Gasteiger partial charge < -0.3 is 16.3 Å². The first-order valence-electron chi connectivity index (χ1n) is 8.03. The van der Waals surface area contributed by atoms with Crippen LogP contribution in [0.5, 0.6) is 0 Å². The lowest BCUT2D eigenvalue weighted by Gasteiger charge is -2.64. The van der Waals surface area contributed by atoms with Gasteiger partial charge in [-0.05, 0) is 55.3 Å². The standard InChI is InChI=1S/C16H27N3O2/c1-14-5-11-6-15(2,8-14)10-16(7-11,9-14)13(20)18-4-3-12(17)19-21/h11,21H,3-10H2,1-2H3,(H2,17,19)(H,18,20). The molecule has 4 aliphatic rings. The van der Waals surface area contributed by atoms with Gasteiger partial charge in [-0.3, -0.25) is 4.79 Å². The molecule has 2 atom stereocenters. The molecule has 0 aromatic carbocycles. The minimum absolute atomic E-state index is 0.166. The van der Waals surface area contributed by atoms with Crippen LogP contribution in [0.4, 0.5) is 0 Å². The zero-order valence-electron chi connectivity index (χ0n) is 13.1. The number of amides is 1. The molecule has 0 radical (unpaired) electrons. The molecule has 4 N–H and O–H groups in total. The highest BCUT2D eigenvalue weighted by atomic mass is 16.4. The van der Waals surface area contributed by atoms with Crippen LogP contribution in [0.1, 0.15) is 58.8 Å². The molecule has 0 spiro atoms. The van der Waals surface area contributed by atoms with E-state index in [-0.39, 0.29) is 17.2 Å². The summed E-state index contributed by atoms with van der Waals surface area (Å²) in [6.45, 7) is 5.19. The Morgan fingerprint density at radius 1 is 1.24 bits per heavy atom. The maximum Gasteiger partial charge on any atom is 0.226 e. The number of nitrogens with zero attached hydrogens (tertiary/aromatic N) is 1. The van der Waals surface area contributed by atoms with Crippen molar-refractivity contribution in [1.82, 2.24) is 5.32 Å². The highest BCUT2D eigenvalue weighted by Crippen LogP contribution is 2.69. The van der Waals surface area contributed by atoms with Crippen molar-refractivity contribution in [2.45, 2.75) is 58.8 Å². The molecule has 0 heterocycles. The van der Waals surface area contributed by atoms with E-state index in [4.69, 9.17) is 10.9 Å². The van der Waals surface area contributed by atoms with E-state index in [1.165, 1.54) is 19.3 Å². The Balaban J connectivity index is 1.71. The molecule has 4 aliphatic carbocycles. The maximum absolute atomic E-state index is 12.8. The number of amidine groups is 1. The lowest BCUT2D eigenvalue weighted by atomic mass is 9.40. The van der Waals surface area contributed by atoms with Gasteiger partial charge in [0, 0.05) is 13.0 Å². The highest BCUT2D eigenvalue weighted by molar-refractivity contribution is 5.84. The molecule has 4 saturated carbocycles. The topological polar surface area (TPSA) is 87.7 Å². The van der Waals surface area contributed by atoms with Gasteiger partial charge in [0.25, 0.3) is 0 Å². The van der Waals surface area contributed by atoms with Gasteiger partial charge >= 0.3 is 0 Å². The van der Waals surface area contributed by atoms with Gasteiger partial charge in [0.1, 0.15) is 5.84 Å². The summed E-state index contributed by atoms with van der Waals surface area (Å²) in [5, 5.41) is 14.5. The third-order valence-corrected chi connectivity index (χ3v) is 5.90. The average Bonchev–Trinajstić information content (AvgIpc) is 2.33. The summed E-state index contributed by atoms with van der Waals surface area (Å²) in [7, 11) is 0. The molecule has 2 unspecified atom stereocenters. The van der Waals surface area contributed by atoms with Gasteiger partial charge in [0.15, 0.2) is 0 Å². The van der Waals surface area contributed by atoms with Gasteiger partial charge in [0.05, 0.1) is 5.41 Å². The highest BCUT2D eigenvalue weighted by Gasteiger charge is 2.62. The Morgan fingerprint density at radius 3 is 2.38 bits per heavy atom. The monoisotopic (exact) mass is 293 g/mol. The molecule has 5 nitrogen and oxygen atoms in total. The summed E-state index contributed by atoms with van der Waals surface area (Å²) in [5.74, 6) is 1.07. The van der Waals surface area contributed by atoms with Gasteiger partial charge in [-0.1, -0.05) is 19.0 Å². The molecule has 4 fully saturated rings. The smallest absolute Gasteiger partial charge is 0.226 e. The number of hydrogen-bond acceptors (Lipinski definition) is 3. The fourth-order valence-electron chi connectivity index (χ4n) is 6.24. The van der Waals surface area contributed by atoms with Crippen LogP contribution < -0.4 is 11.1 Å². The summed E-state index contributed by atoms with van der Waals surface area (Å²) in [4.78, 5) is 12.8. The SMILES string of the molecule is CC12CC3CC(C)(C1)CC(C(=O)NCCC(N)=NO)(C3)C2. The summed E-state index contributed by atoms with van der Waals surface area (Å²) in [5.41, 5.74) is 5.97. The van der Waals surface area contributed by atoms with Crippen molar-refractivity contribution >= 4 is 11.7 Å². The van der Waals surface area contributed by atoms with Crippen molar-refractivity contribution in [3.05, 3.63) is 0 Å². The molecular formula is C16H27N3O2. The predicted octanol–water partition coefficient (Wildman–Crippen LogP) is 2.24. The van der Waals surface area contributed by atoms with Crippen LogP contribution in [0.15, 0.2) is 5.16 Å². The van der Waals surface area contributed by atoms with E-state index in [0.717, 1.165) is 19.3 Å². The molecule has 21 heavy (non-hydrogen) atoms. The van der Waals surface area contributed by atoms with Gasteiger partial charge in [-0.2, -0.15) is 0 Å². The summed E-state index contributed by atoms with van der Waals surface area (Å²) in [6, 6.07) is 0. The zero-order valence-corrected chi connectivity index (χ0v) is 13.1. The minimum atomic E-state index is -0.173. The molecule has 0 aliphatic heterocycles. The number of rotatable bonds is 4. The van der Waals surface area contributed by atoms with Crippen LogP contribution in [0.2, 0.25) is 0 Å². The number of carbonyl (C=O) groups excluding carboxylic acids is 1. The summed E-state index contributed by atoms with van der Waals surface area (Å²) >= 11 is 0. The van der Waals surface area contributed by atoms with Crippen LogP contribution >= 0.6 is 0 Å². The van der Waals surface area contributed by atoms with Crippen molar-refractivity contribution in [2.24, 2.45) is 33.1 Å². The van der Waals surface area contributed by atoms with Crippen LogP contribution in [-0.2, 0) is 4.79 Å². The molecule has 4 bridgehead atoms. The lowest BCUT2D eigenvalue weighted by molar-refractivity contribution is -0.170. The molecule has 4 rings (SSSR count). The van der Waals surface area contributed by atoms with E-state index < -0.39 is 0 Å². The quantitative estimate of drug-likeness (QED) is 0.321. The first-order valence-corrected chi connectivity index (χ1v) is 8.03. The third-order valence-electron chi connectivity index (χ3n) is 5.90. The molecule has 5 heteroatoms. The number of nitrogens with one attached hydrogen (secondary N) is 1. The Morgan fingerprint density at radius 2 is 1.86 bits per heavy atom. The first-order chi connectivity index (χ1) is 9.78. The second kappa shape index (κ2) is 4.62. The van der Waals surface area contributed by atoms with Crippen molar-refractivity contribution in [1.29, 1.82) is 0 Å².